The number of aromatic amines is 1. The second-order valence-electron chi connectivity index (χ2n) is 6.16. The molecule has 2 aromatic carbocycles. The summed E-state index contributed by atoms with van der Waals surface area (Å²) in [7, 11) is 0. The zero-order valence-electron chi connectivity index (χ0n) is 14.9. The number of aryl methyl sites for hydroxylation is 1. The van der Waals surface area contributed by atoms with Crippen LogP contribution in [0.2, 0.25) is 0 Å². The lowest BCUT2D eigenvalue weighted by Crippen LogP contribution is -2.25. The molecule has 0 bridgehead atoms. The Balaban J connectivity index is 1.60. The van der Waals surface area contributed by atoms with Crippen LogP contribution in [0, 0.1) is 6.92 Å². The van der Waals surface area contributed by atoms with Crippen LogP contribution in [0.15, 0.2) is 65.8 Å². The molecule has 2 heterocycles. The van der Waals surface area contributed by atoms with Crippen molar-refractivity contribution in [3.8, 4) is 11.5 Å². The number of benzene rings is 2. The quantitative estimate of drug-likeness (QED) is 0.766. The third-order valence-electron chi connectivity index (χ3n) is 4.01. The Morgan fingerprint density at radius 3 is 2.59 bits per heavy atom. The molecule has 1 N–H and O–H groups in total. The van der Waals surface area contributed by atoms with Crippen molar-refractivity contribution in [2.24, 2.45) is 5.10 Å². The van der Waals surface area contributed by atoms with Crippen LogP contribution >= 0.6 is 0 Å². The van der Waals surface area contributed by atoms with Gasteiger partial charge in [-0.1, -0.05) is 30.3 Å². The zero-order chi connectivity index (χ0) is 18.8. The molecule has 7 heteroatoms. The minimum atomic E-state index is -0.672. The molecule has 0 saturated carbocycles. The maximum atomic E-state index is 12.1. The van der Waals surface area contributed by atoms with E-state index < -0.39 is 6.23 Å². The Hall–Kier alpha value is -3.61. The molecule has 0 radical (unpaired) electrons. The van der Waals surface area contributed by atoms with Crippen molar-refractivity contribution in [3.63, 3.8) is 0 Å². The molecule has 0 spiro atoms. The zero-order valence-corrected chi connectivity index (χ0v) is 14.9. The molecule has 0 fully saturated rings. The molecule has 1 aliphatic rings. The molecule has 7 nitrogen and oxygen atoms in total. The van der Waals surface area contributed by atoms with Crippen LogP contribution in [0.5, 0.6) is 11.5 Å². The molecule has 1 atom stereocenters. The molecule has 0 aliphatic carbocycles. The number of carbonyl (C=O) groups excluding carboxylic acids is 1. The molecule has 1 aromatic heterocycles. The van der Waals surface area contributed by atoms with Gasteiger partial charge < -0.3 is 9.47 Å². The highest BCUT2D eigenvalue weighted by Crippen LogP contribution is 2.32. The number of H-pyrrole nitrogens is 1. The van der Waals surface area contributed by atoms with E-state index in [0.717, 1.165) is 17.0 Å². The lowest BCUT2D eigenvalue weighted by atomic mass is 10.2. The largest absolute Gasteiger partial charge is 0.457 e. The minimum Gasteiger partial charge on any atom is -0.457 e. The standard InChI is InChI=1S/C20H18N4O3/c1-13-11-18(22-21-13)19-23-24(14(2)25)20(27-19)15-7-6-10-17(12-15)26-16-8-4-3-5-9-16/h3-12,20H,1-2H3,(H,21,22). The van der Waals surface area contributed by atoms with E-state index >= 15 is 0 Å². The number of carbonyl (C=O) groups is 1. The number of hydrazone groups is 1. The molecule has 4 rings (SSSR count). The topological polar surface area (TPSA) is 79.8 Å². The number of hydrogen-bond acceptors (Lipinski definition) is 5. The van der Waals surface area contributed by atoms with Crippen LogP contribution in [0.25, 0.3) is 0 Å². The van der Waals surface area contributed by atoms with Crippen molar-refractivity contribution in [2.75, 3.05) is 0 Å². The Kier molecular flexibility index (Phi) is 4.33. The van der Waals surface area contributed by atoms with Gasteiger partial charge in [-0.15, -0.1) is 5.10 Å². The fourth-order valence-electron chi connectivity index (χ4n) is 2.77. The summed E-state index contributed by atoms with van der Waals surface area (Å²) in [6.45, 7) is 3.33. The van der Waals surface area contributed by atoms with E-state index in [9.17, 15) is 4.79 Å². The highest BCUT2D eigenvalue weighted by Gasteiger charge is 2.34. The smallest absolute Gasteiger partial charge is 0.261 e. The lowest BCUT2D eigenvalue weighted by molar-refractivity contribution is -0.135. The lowest BCUT2D eigenvalue weighted by Gasteiger charge is -2.19. The van der Waals surface area contributed by atoms with Gasteiger partial charge in [0.15, 0.2) is 0 Å². The number of nitrogens with one attached hydrogen (secondary N) is 1. The highest BCUT2D eigenvalue weighted by molar-refractivity contribution is 5.94. The summed E-state index contributed by atoms with van der Waals surface area (Å²) in [5, 5.41) is 12.6. The maximum Gasteiger partial charge on any atom is 0.261 e. The van der Waals surface area contributed by atoms with Crippen molar-refractivity contribution in [1.29, 1.82) is 0 Å². The summed E-state index contributed by atoms with van der Waals surface area (Å²) in [4.78, 5) is 12.1. The van der Waals surface area contributed by atoms with Crippen LogP contribution in [-0.4, -0.2) is 27.0 Å². The average molecular weight is 362 g/mol. The van der Waals surface area contributed by atoms with Gasteiger partial charge in [-0.25, -0.2) is 0 Å². The molecule has 0 saturated heterocycles. The van der Waals surface area contributed by atoms with Gasteiger partial charge in [-0.3, -0.25) is 9.89 Å². The molecule has 3 aromatic rings. The van der Waals surface area contributed by atoms with Crippen molar-refractivity contribution in [2.45, 2.75) is 20.1 Å². The molecule has 1 unspecified atom stereocenters. The summed E-state index contributed by atoms with van der Waals surface area (Å²) in [5.41, 5.74) is 2.19. The van der Waals surface area contributed by atoms with Crippen LogP contribution in [-0.2, 0) is 9.53 Å². The Labute approximate surface area is 156 Å². The van der Waals surface area contributed by atoms with Crippen LogP contribution in [0.4, 0.5) is 0 Å². The van der Waals surface area contributed by atoms with Crippen LogP contribution in [0.3, 0.4) is 0 Å². The van der Waals surface area contributed by atoms with Crippen LogP contribution in [0.1, 0.15) is 30.1 Å². The Bertz CT molecular complexity index is 997. The average Bonchev–Trinajstić information content (AvgIpc) is 3.29. The van der Waals surface area contributed by atoms with Gasteiger partial charge in [0.1, 0.15) is 17.2 Å². The van der Waals surface area contributed by atoms with E-state index in [1.807, 2.05) is 67.6 Å². The Morgan fingerprint density at radius 1 is 1.11 bits per heavy atom. The van der Waals surface area contributed by atoms with Crippen molar-refractivity contribution >= 4 is 11.8 Å². The summed E-state index contributed by atoms with van der Waals surface area (Å²) in [5.74, 6) is 1.45. The van der Waals surface area contributed by atoms with Gasteiger partial charge in [0, 0.05) is 18.2 Å². The van der Waals surface area contributed by atoms with Crippen molar-refractivity contribution in [1.82, 2.24) is 15.2 Å². The minimum absolute atomic E-state index is 0.225. The van der Waals surface area contributed by atoms with E-state index in [1.54, 1.807) is 0 Å². The third-order valence-corrected chi connectivity index (χ3v) is 4.01. The molecular formula is C20H18N4O3. The molecule has 136 valence electrons. The SMILES string of the molecule is CC(=O)N1N=C(c2cc(C)[nH]n2)OC1c1cccc(Oc2ccccc2)c1. The van der Waals surface area contributed by atoms with Crippen LogP contribution < -0.4 is 4.74 Å². The first-order valence-electron chi connectivity index (χ1n) is 8.50. The van der Waals surface area contributed by atoms with Gasteiger partial charge >= 0.3 is 0 Å². The van der Waals surface area contributed by atoms with E-state index in [4.69, 9.17) is 9.47 Å². The monoisotopic (exact) mass is 362 g/mol. The third kappa shape index (κ3) is 3.52. The number of nitrogens with zero attached hydrogens (tertiary/aromatic N) is 3. The molecule has 1 amide bonds. The van der Waals surface area contributed by atoms with E-state index in [2.05, 4.69) is 15.3 Å². The van der Waals surface area contributed by atoms with Gasteiger partial charge in [0.05, 0.1) is 0 Å². The van der Waals surface area contributed by atoms with Gasteiger partial charge in [-0.05, 0) is 37.3 Å². The summed E-state index contributed by atoms with van der Waals surface area (Å²) in [6, 6.07) is 18.7. The predicted molar refractivity (Wildman–Crippen MR) is 99.2 cm³/mol. The summed E-state index contributed by atoms with van der Waals surface area (Å²) >= 11 is 0. The fourth-order valence-corrected chi connectivity index (χ4v) is 2.77. The summed E-state index contributed by atoms with van der Waals surface area (Å²) < 4.78 is 11.8. The first kappa shape index (κ1) is 16.8. The number of ether oxygens (including phenoxy) is 2. The highest BCUT2D eigenvalue weighted by atomic mass is 16.5. The number of hydrogen-bond donors (Lipinski definition) is 1. The number of amides is 1. The number of rotatable bonds is 4. The van der Waals surface area contributed by atoms with Crippen molar-refractivity contribution in [3.05, 3.63) is 77.6 Å². The number of aromatic nitrogens is 2. The van der Waals surface area contributed by atoms with Gasteiger partial charge in [0.2, 0.25) is 12.1 Å². The van der Waals surface area contributed by atoms with Gasteiger partial charge in [0.25, 0.3) is 5.90 Å². The fraction of sp³-hybridized carbons (Fsp3) is 0.150. The van der Waals surface area contributed by atoms with E-state index in [1.165, 1.54) is 11.9 Å². The second-order valence-corrected chi connectivity index (χ2v) is 6.16. The maximum absolute atomic E-state index is 12.1. The molecule has 1 aliphatic heterocycles. The Morgan fingerprint density at radius 2 is 1.89 bits per heavy atom. The summed E-state index contributed by atoms with van der Waals surface area (Å²) in [6.07, 6.45) is -0.672. The van der Waals surface area contributed by atoms with E-state index in [0.29, 0.717) is 17.3 Å². The first-order valence-corrected chi connectivity index (χ1v) is 8.50. The molecule has 27 heavy (non-hydrogen) atoms. The predicted octanol–water partition coefficient (Wildman–Crippen LogP) is 3.75. The van der Waals surface area contributed by atoms with Crippen molar-refractivity contribution < 1.29 is 14.3 Å². The van der Waals surface area contributed by atoms with E-state index in [-0.39, 0.29) is 5.91 Å². The first-order chi connectivity index (χ1) is 13.1. The second kappa shape index (κ2) is 6.95. The van der Waals surface area contributed by atoms with Gasteiger partial charge in [-0.2, -0.15) is 10.1 Å². The number of para-hydroxylation sites is 1. The normalized spacial score (nSPS) is 16.0. The molecular weight excluding hydrogens is 344 g/mol.